The Balaban J connectivity index is 2.95. The summed E-state index contributed by atoms with van der Waals surface area (Å²) in [4.78, 5) is 24.6. The smallest absolute Gasteiger partial charge is 0.153 e. The third-order valence-electron chi connectivity index (χ3n) is 2.37. The molecule has 0 bridgehead atoms. The van der Waals surface area contributed by atoms with E-state index in [1.54, 1.807) is 13.8 Å². The van der Waals surface area contributed by atoms with Crippen LogP contribution < -0.4 is 0 Å². The van der Waals surface area contributed by atoms with E-state index < -0.39 is 5.25 Å². The predicted octanol–water partition coefficient (Wildman–Crippen LogP) is 4.63. The number of Topliss-reactive ketones (excluding diaryl/α,β-unsaturated/α-hetero) is 2. The van der Waals surface area contributed by atoms with Gasteiger partial charge in [0.2, 0.25) is 0 Å². The molecule has 18 heavy (non-hydrogen) atoms. The van der Waals surface area contributed by atoms with E-state index in [4.69, 9.17) is 0 Å². The molecule has 1 aromatic rings. The van der Waals surface area contributed by atoms with Crippen molar-refractivity contribution in [2.75, 3.05) is 0 Å². The van der Waals surface area contributed by atoms with Gasteiger partial charge in [0.15, 0.2) is 11.6 Å². The number of hydrogen-bond acceptors (Lipinski definition) is 3. The van der Waals surface area contributed by atoms with E-state index in [0.717, 1.165) is 13.8 Å². The van der Waals surface area contributed by atoms with Crippen LogP contribution in [0.1, 0.15) is 26.7 Å². The molecule has 98 valence electrons. The Morgan fingerprint density at radius 1 is 1.06 bits per heavy atom. The second-order valence-corrected chi connectivity index (χ2v) is 6.75. The van der Waals surface area contributed by atoms with Crippen LogP contribution in [0.2, 0.25) is 0 Å². The van der Waals surface area contributed by atoms with Gasteiger partial charge in [-0.15, -0.1) is 11.8 Å². The molecule has 0 aliphatic rings. The predicted molar refractivity (Wildman–Crippen MR) is 82.1 cm³/mol. The van der Waals surface area contributed by atoms with Crippen LogP contribution in [0.4, 0.5) is 0 Å². The number of rotatable bonds is 6. The topological polar surface area (TPSA) is 34.1 Å². The van der Waals surface area contributed by atoms with Gasteiger partial charge in [0.25, 0.3) is 0 Å². The van der Waals surface area contributed by atoms with Crippen LogP contribution in [-0.4, -0.2) is 16.8 Å². The van der Waals surface area contributed by atoms with Gasteiger partial charge >= 0.3 is 0 Å². The van der Waals surface area contributed by atoms with Crippen LogP contribution in [-0.2, 0) is 9.59 Å². The fourth-order valence-electron chi connectivity index (χ4n) is 1.41. The summed E-state index contributed by atoms with van der Waals surface area (Å²) in [6.45, 7) is 3.57. The zero-order valence-corrected chi connectivity index (χ0v) is 14.2. The van der Waals surface area contributed by atoms with Gasteiger partial charge in [-0.25, -0.2) is 0 Å². The summed E-state index contributed by atoms with van der Waals surface area (Å²) in [6, 6.07) is 5.74. The molecule has 0 fully saturated rings. The molecule has 0 aliphatic carbocycles. The van der Waals surface area contributed by atoms with Crippen molar-refractivity contribution in [3.05, 3.63) is 27.1 Å². The highest BCUT2D eigenvalue weighted by Gasteiger charge is 2.24. The monoisotopic (exact) mass is 392 g/mol. The molecule has 0 heterocycles. The van der Waals surface area contributed by atoms with E-state index in [0.29, 0.717) is 12.8 Å². The maximum absolute atomic E-state index is 11.8. The van der Waals surface area contributed by atoms with Gasteiger partial charge in [0.05, 0.1) is 0 Å². The summed E-state index contributed by atoms with van der Waals surface area (Å²) in [5.41, 5.74) is 0. The van der Waals surface area contributed by atoms with Gasteiger partial charge in [-0.1, -0.05) is 45.7 Å². The molecule has 0 aliphatic heterocycles. The van der Waals surface area contributed by atoms with Crippen molar-refractivity contribution in [3.8, 4) is 0 Å². The minimum absolute atomic E-state index is 0.0112. The van der Waals surface area contributed by atoms with Gasteiger partial charge in [-0.05, 0) is 18.2 Å². The lowest BCUT2D eigenvalue weighted by molar-refractivity contribution is -0.125. The van der Waals surface area contributed by atoms with Crippen LogP contribution in [0.5, 0.6) is 0 Å². The lowest BCUT2D eigenvalue weighted by Gasteiger charge is -2.13. The highest BCUT2D eigenvalue weighted by atomic mass is 79.9. The van der Waals surface area contributed by atoms with Crippen molar-refractivity contribution in [3.63, 3.8) is 0 Å². The van der Waals surface area contributed by atoms with Gasteiger partial charge in [0.1, 0.15) is 5.25 Å². The SMILES string of the molecule is CCC(=O)C(Sc1cc(Br)cc(Br)c1)C(=O)CC. The number of thioether (sulfide) groups is 1. The number of benzene rings is 1. The second-order valence-electron chi connectivity index (χ2n) is 3.74. The van der Waals surface area contributed by atoms with E-state index in [9.17, 15) is 9.59 Å². The molecule has 2 nitrogen and oxygen atoms in total. The molecule has 0 aromatic heterocycles. The Morgan fingerprint density at radius 3 is 1.89 bits per heavy atom. The van der Waals surface area contributed by atoms with Crippen LogP contribution in [0.15, 0.2) is 32.0 Å². The highest BCUT2D eigenvalue weighted by molar-refractivity contribution is 9.11. The first kappa shape index (κ1) is 15.9. The van der Waals surface area contributed by atoms with Crippen molar-refractivity contribution in [2.45, 2.75) is 36.8 Å². The summed E-state index contributed by atoms with van der Waals surface area (Å²) in [5.74, 6) is -0.0223. The van der Waals surface area contributed by atoms with E-state index in [2.05, 4.69) is 31.9 Å². The Labute approximate surface area is 128 Å². The summed E-state index contributed by atoms with van der Waals surface area (Å²) >= 11 is 8.12. The molecular formula is C13H14Br2O2S. The minimum atomic E-state index is -0.582. The van der Waals surface area contributed by atoms with Crippen molar-refractivity contribution in [1.29, 1.82) is 0 Å². The number of hydrogen-bond donors (Lipinski definition) is 0. The minimum Gasteiger partial charge on any atom is -0.298 e. The lowest BCUT2D eigenvalue weighted by atomic mass is 10.1. The summed E-state index contributed by atoms with van der Waals surface area (Å²) in [7, 11) is 0. The van der Waals surface area contributed by atoms with Crippen LogP contribution in [0, 0.1) is 0 Å². The highest BCUT2D eigenvalue weighted by Crippen LogP contribution is 2.31. The second kappa shape index (κ2) is 7.46. The van der Waals surface area contributed by atoms with Gasteiger partial charge in [-0.3, -0.25) is 9.59 Å². The van der Waals surface area contributed by atoms with Gasteiger partial charge in [0, 0.05) is 26.7 Å². The molecule has 0 unspecified atom stereocenters. The molecule has 1 rings (SSSR count). The van der Waals surface area contributed by atoms with Gasteiger partial charge in [-0.2, -0.15) is 0 Å². The first-order valence-corrected chi connectivity index (χ1v) is 8.12. The maximum atomic E-state index is 11.8. The maximum Gasteiger partial charge on any atom is 0.153 e. The molecule has 0 saturated carbocycles. The van der Waals surface area contributed by atoms with E-state index in [1.165, 1.54) is 11.8 Å². The number of carbonyl (C=O) groups is 2. The molecule has 0 atom stereocenters. The third-order valence-corrected chi connectivity index (χ3v) is 4.56. The zero-order valence-electron chi connectivity index (χ0n) is 10.2. The van der Waals surface area contributed by atoms with Crippen molar-refractivity contribution >= 4 is 55.2 Å². The Bertz CT molecular complexity index is 424. The molecule has 0 N–H and O–H groups in total. The summed E-state index contributed by atoms with van der Waals surface area (Å²) in [6.07, 6.45) is 0.775. The zero-order chi connectivity index (χ0) is 13.7. The van der Waals surface area contributed by atoms with Crippen LogP contribution >= 0.6 is 43.6 Å². The lowest BCUT2D eigenvalue weighted by Crippen LogP contribution is -2.25. The van der Waals surface area contributed by atoms with Crippen molar-refractivity contribution < 1.29 is 9.59 Å². The Kier molecular flexibility index (Phi) is 6.60. The molecule has 0 amide bonds. The Hall–Kier alpha value is -0.130. The van der Waals surface area contributed by atoms with E-state index >= 15 is 0 Å². The van der Waals surface area contributed by atoms with Crippen molar-refractivity contribution in [1.82, 2.24) is 0 Å². The quantitative estimate of drug-likeness (QED) is 0.521. The average Bonchev–Trinajstić information content (AvgIpc) is 2.33. The number of ketones is 2. The normalized spacial score (nSPS) is 10.7. The largest absolute Gasteiger partial charge is 0.298 e. The van der Waals surface area contributed by atoms with Crippen LogP contribution in [0.3, 0.4) is 0 Å². The number of carbonyl (C=O) groups excluding carboxylic acids is 2. The number of halogens is 2. The average molecular weight is 394 g/mol. The molecule has 5 heteroatoms. The molecule has 1 aromatic carbocycles. The first-order chi connectivity index (χ1) is 8.47. The fourth-order valence-corrected chi connectivity index (χ4v) is 4.27. The van der Waals surface area contributed by atoms with Crippen LogP contribution in [0.25, 0.3) is 0 Å². The standard InChI is InChI=1S/C13H14Br2O2S/c1-3-11(16)13(12(17)4-2)18-10-6-8(14)5-9(15)7-10/h5-7,13H,3-4H2,1-2H3. The molecule has 0 spiro atoms. The third kappa shape index (κ3) is 4.52. The first-order valence-electron chi connectivity index (χ1n) is 5.66. The fraction of sp³-hybridized carbons (Fsp3) is 0.385. The molecular weight excluding hydrogens is 380 g/mol. The Morgan fingerprint density at radius 2 is 1.50 bits per heavy atom. The molecule has 0 radical (unpaired) electrons. The summed E-state index contributed by atoms with van der Waals surface area (Å²) < 4.78 is 1.84. The van der Waals surface area contributed by atoms with Crippen molar-refractivity contribution in [2.24, 2.45) is 0 Å². The van der Waals surface area contributed by atoms with E-state index in [-0.39, 0.29) is 11.6 Å². The van der Waals surface area contributed by atoms with E-state index in [1.807, 2.05) is 18.2 Å². The molecule has 0 saturated heterocycles. The van der Waals surface area contributed by atoms with Gasteiger partial charge < -0.3 is 0 Å². The summed E-state index contributed by atoms with van der Waals surface area (Å²) in [5, 5.41) is -0.582.